The highest BCUT2D eigenvalue weighted by atomic mass is 79.9. The molecule has 25 heavy (non-hydrogen) atoms. The van der Waals surface area contributed by atoms with Crippen molar-refractivity contribution in [3.05, 3.63) is 58.6 Å². The van der Waals surface area contributed by atoms with Crippen molar-refractivity contribution in [2.75, 3.05) is 11.6 Å². The van der Waals surface area contributed by atoms with Crippen LogP contribution in [0.2, 0.25) is 0 Å². The monoisotopic (exact) mass is 436 g/mol. The van der Waals surface area contributed by atoms with Crippen LogP contribution < -0.4 is 5.32 Å². The van der Waals surface area contributed by atoms with Gasteiger partial charge in [0.1, 0.15) is 0 Å². The van der Waals surface area contributed by atoms with E-state index in [-0.39, 0.29) is 10.8 Å². The highest BCUT2D eigenvalue weighted by Crippen LogP contribution is 2.28. The molecule has 0 saturated carbocycles. The van der Waals surface area contributed by atoms with Crippen molar-refractivity contribution in [1.82, 2.24) is 4.98 Å². The lowest BCUT2D eigenvalue weighted by atomic mass is 10.2. The molecule has 8 heteroatoms. The van der Waals surface area contributed by atoms with Crippen LogP contribution in [0.25, 0.3) is 16.3 Å². The summed E-state index contributed by atoms with van der Waals surface area (Å²) >= 11 is 4.59. The van der Waals surface area contributed by atoms with E-state index in [0.717, 1.165) is 16.3 Å². The van der Waals surface area contributed by atoms with Crippen molar-refractivity contribution >= 4 is 64.4 Å². The quantitative estimate of drug-likeness (QED) is 0.624. The zero-order valence-corrected chi connectivity index (χ0v) is 16.3. The van der Waals surface area contributed by atoms with Gasteiger partial charge in [-0.15, -0.1) is 0 Å². The SMILES string of the molecule is CS(=O)(=O)c1ccc2nc(NC(=O)C=Cc3ccc(Br)cc3)sc2c1. The van der Waals surface area contributed by atoms with E-state index in [2.05, 4.69) is 26.2 Å². The van der Waals surface area contributed by atoms with Crippen LogP contribution in [-0.4, -0.2) is 25.6 Å². The standard InChI is InChI=1S/C17H13BrN2O3S2/c1-25(22,23)13-7-8-14-15(10-13)24-17(19-14)20-16(21)9-4-11-2-5-12(18)6-3-11/h2-10H,1H3,(H,19,20,21). The fourth-order valence-corrected chi connectivity index (χ4v) is 3.98. The summed E-state index contributed by atoms with van der Waals surface area (Å²) in [6.07, 6.45) is 4.29. The predicted molar refractivity (Wildman–Crippen MR) is 105 cm³/mol. The van der Waals surface area contributed by atoms with Crippen LogP contribution in [-0.2, 0) is 14.6 Å². The van der Waals surface area contributed by atoms with Crippen molar-refractivity contribution in [3.8, 4) is 0 Å². The Kier molecular flexibility index (Phi) is 5.03. The number of nitrogens with zero attached hydrogens (tertiary/aromatic N) is 1. The molecule has 0 aliphatic carbocycles. The predicted octanol–water partition coefficient (Wildman–Crippen LogP) is 4.11. The summed E-state index contributed by atoms with van der Waals surface area (Å²) in [4.78, 5) is 16.5. The first-order valence-corrected chi connectivity index (χ1v) is 10.7. The lowest BCUT2D eigenvalue weighted by Crippen LogP contribution is -2.07. The molecule has 0 atom stereocenters. The maximum absolute atomic E-state index is 12.0. The molecule has 0 aliphatic rings. The average Bonchev–Trinajstić information content (AvgIpc) is 2.94. The number of aromatic nitrogens is 1. The van der Waals surface area contributed by atoms with Crippen LogP contribution in [0.3, 0.4) is 0 Å². The Bertz CT molecular complexity index is 1070. The molecule has 1 amide bonds. The first-order chi connectivity index (χ1) is 11.8. The number of rotatable bonds is 4. The number of thiazole rings is 1. The summed E-state index contributed by atoms with van der Waals surface area (Å²) in [6.45, 7) is 0. The highest BCUT2D eigenvalue weighted by molar-refractivity contribution is 9.10. The number of amides is 1. The van der Waals surface area contributed by atoms with E-state index in [1.807, 2.05) is 24.3 Å². The molecule has 3 rings (SSSR count). The zero-order chi connectivity index (χ0) is 18.0. The van der Waals surface area contributed by atoms with Gasteiger partial charge in [-0.2, -0.15) is 0 Å². The second-order valence-corrected chi connectivity index (χ2v) is 9.26. The lowest BCUT2D eigenvalue weighted by molar-refractivity contribution is -0.111. The van der Waals surface area contributed by atoms with Gasteiger partial charge in [0.2, 0.25) is 5.91 Å². The number of nitrogens with one attached hydrogen (secondary N) is 1. The molecular formula is C17H13BrN2O3S2. The Labute approximate surface area is 157 Å². The molecule has 0 saturated heterocycles. The topological polar surface area (TPSA) is 76.1 Å². The molecule has 1 aromatic heterocycles. The van der Waals surface area contributed by atoms with E-state index in [9.17, 15) is 13.2 Å². The van der Waals surface area contributed by atoms with Gasteiger partial charge in [0.15, 0.2) is 15.0 Å². The average molecular weight is 437 g/mol. The first-order valence-electron chi connectivity index (χ1n) is 7.16. The van der Waals surface area contributed by atoms with Gasteiger partial charge in [-0.05, 0) is 42.0 Å². The van der Waals surface area contributed by atoms with Crippen LogP contribution in [0.5, 0.6) is 0 Å². The number of sulfone groups is 1. The van der Waals surface area contributed by atoms with Gasteiger partial charge < -0.3 is 0 Å². The zero-order valence-electron chi connectivity index (χ0n) is 13.1. The minimum atomic E-state index is -3.27. The van der Waals surface area contributed by atoms with Gasteiger partial charge in [0, 0.05) is 16.8 Å². The molecule has 1 heterocycles. The lowest BCUT2D eigenvalue weighted by Gasteiger charge is -1.96. The Morgan fingerprint density at radius 2 is 1.92 bits per heavy atom. The number of anilines is 1. The minimum Gasteiger partial charge on any atom is -0.298 e. The van der Waals surface area contributed by atoms with E-state index in [1.54, 1.807) is 18.2 Å². The number of fused-ring (bicyclic) bond motifs is 1. The van der Waals surface area contributed by atoms with Gasteiger partial charge >= 0.3 is 0 Å². The number of hydrogen-bond donors (Lipinski definition) is 1. The molecule has 5 nitrogen and oxygen atoms in total. The molecule has 0 fully saturated rings. The Morgan fingerprint density at radius 1 is 1.20 bits per heavy atom. The number of hydrogen-bond acceptors (Lipinski definition) is 5. The second kappa shape index (κ2) is 7.07. The molecule has 0 bridgehead atoms. The third-order valence-corrected chi connectivity index (χ3v) is 5.89. The van der Waals surface area contributed by atoms with Crippen molar-refractivity contribution in [2.24, 2.45) is 0 Å². The van der Waals surface area contributed by atoms with E-state index in [0.29, 0.717) is 15.3 Å². The third kappa shape index (κ3) is 4.53. The van der Waals surface area contributed by atoms with E-state index in [4.69, 9.17) is 0 Å². The molecule has 0 radical (unpaired) electrons. The van der Waals surface area contributed by atoms with Crippen LogP contribution in [0.15, 0.2) is 57.9 Å². The number of carbonyl (C=O) groups is 1. The van der Waals surface area contributed by atoms with E-state index < -0.39 is 9.84 Å². The molecule has 0 unspecified atom stereocenters. The smallest absolute Gasteiger partial charge is 0.250 e. The third-order valence-electron chi connectivity index (χ3n) is 3.32. The summed E-state index contributed by atoms with van der Waals surface area (Å²) in [5, 5.41) is 3.12. The van der Waals surface area contributed by atoms with Gasteiger partial charge in [0.25, 0.3) is 0 Å². The van der Waals surface area contributed by atoms with E-state index in [1.165, 1.54) is 23.5 Å². The number of benzene rings is 2. The van der Waals surface area contributed by atoms with Gasteiger partial charge in [0.05, 0.1) is 15.1 Å². The summed E-state index contributed by atoms with van der Waals surface area (Å²) in [5.41, 5.74) is 1.55. The van der Waals surface area contributed by atoms with Crippen molar-refractivity contribution < 1.29 is 13.2 Å². The summed E-state index contributed by atoms with van der Waals surface area (Å²) in [6, 6.07) is 12.3. The fourth-order valence-electron chi connectivity index (χ4n) is 2.08. The van der Waals surface area contributed by atoms with Crippen molar-refractivity contribution in [3.63, 3.8) is 0 Å². The van der Waals surface area contributed by atoms with Gasteiger partial charge in [-0.3, -0.25) is 10.1 Å². The molecule has 128 valence electrons. The van der Waals surface area contributed by atoms with Gasteiger partial charge in [-0.25, -0.2) is 13.4 Å². The Hall–Kier alpha value is -2.03. The number of halogens is 1. The van der Waals surface area contributed by atoms with E-state index >= 15 is 0 Å². The molecule has 0 aliphatic heterocycles. The normalized spacial score (nSPS) is 11.9. The summed E-state index contributed by atoms with van der Waals surface area (Å²) in [5.74, 6) is -0.301. The highest BCUT2D eigenvalue weighted by Gasteiger charge is 2.11. The summed E-state index contributed by atoms with van der Waals surface area (Å²) < 4.78 is 24.9. The van der Waals surface area contributed by atoms with Crippen LogP contribution in [0.4, 0.5) is 5.13 Å². The first kappa shape index (κ1) is 17.8. The largest absolute Gasteiger partial charge is 0.298 e. The van der Waals surface area contributed by atoms with Crippen LogP contribution in [0.1, 0.15) is 5.56 Å². The van der Waals surface area contributed by atoms with Crippen molar-refractivity contribution in [1.29, 1.82) is 0 Å². The maximum atomic E-state index is 12.0. The molecule has 2 aromatic carbocycles. The van der Waals surface area contributed by atoms with Gasteiger partial charge in [-0.1, -0.05) is 39.4 Å². The molecule has 1 N–H and O–H groups in total. The van der Waals surface area contributed by atoms with Crippen LogP contribution >= 0.6 is 27.3 Å². The van der Waals surface area contributed by atoms with Crippen LogP contribution in [0, 0.1) is 0 Å². The fraction of sp³-hybridized carbons (Fsp3) is 0.0588. The summed E-state index contributed by atoms with van der Waals surface area (Å²) in [7, 11) is -3.27. The molecule has 3 aromatic rings. The Morgan fingerprint density at radius 3 is 2.60 bits per heavy atom. The second-order valence-electron chi connectivity index (χ2n) is 5.29. The minimum absolute atomic E-state index is 0.233. The maximum Gasteiger partial charge on any atom is 0.250 e. The van der Waals surface area contributed by atoms with Crippen molar-refractivity contribution in [2.45, 2.75) is 4.90 Å². The molecule has 0 spiro atoms. The number of carbonyl (C=O) groups excluding carboxylic acids is 1. The molecular weight excluding hydrogens is 424 g/mol. The Balaban J connectivity index is 1.76.